The zero-order valence-electron chi connectivity index (χ0n) is 39.4. The fraction of sp³-hybridized carbons (Fsp3) is 0.377. The molecule has 0 fully saturated rings. The van der Waals surface area contributed by atoms with Crippen LogP contribution in [0.15, 0.2) is 101 Å². The molecule has 0 radical (unpaired) electrons. The van der Waals surface area contributed by atoms with Crippen LogP contribution in [-0.4, -0.2) is 6.61 Å². The Morgan fingerprint density at radius 2 is 1.08 bits per heavy atom. The minimum Gasteiger partial charge on any atom is -0.493 e. The summed E-state index contributed by atoms with van der Waals surface area (Å²) in [5.41, 5.74) is 32.0. The number of rotatable bonds is 2. The zero-order valence-corrected chi connectivity index (χ0v) is 39.4. The molecule has 13 rings (SSSR count). The third-order valence-electron chi connectivity index (χ3n) is 18.3. The van der Waals surface area contributed by atoms with Crippen LogP contribution < -0.4 is 0 Å². The van der Waals surface area contributed by atoms with Gasteiger partial charge in [-0.1, -0.05) is 81.4 Å². The van der Waals surface area contributed by atoms with Crippen LogP contribution in [0.2, 0.25) is 0 Å². The van der Waals surface area contributed by atoms with Gasteiger partial charge in [-0.25, -0.2) is 0 Å². The van der Waals surface area contributed by atoms with E-state index in [0.717, 1.165) is 37.4 Å². The number of hydrogen-bond acceptors (Lipinski definition) is 2. The molecule has 0 amide bonds. The van der Waals surface area contributed by atoms with Gasteiger partial charge in [0, 0.05) is 33.8 Å². The van der Waals surface area contributed by atoms with Gasteiger partial charge in [0.2, 0.25) is 0 Å². The third-order valence-corrected chi connectivity index (χ3v) is 18.3. The summed E-state index contributed by atoms with van der Waals surface area (Å²) in [6.45, 7) is 30.3. The molecule has 2 nitrogen and oxygen atoms in total. The number of allylic oxidation sites excluding steroid dienone is 8. The summed E-state index contributed by atoms with van der Waals surface area (Å²) in [5, 5.41) is 0. The number of aryl methyl sites for hydroxylation is 2. The summed E-state index contributed by atoms with van der Waals surface area (Å²) in [5.74, 6) is 2.86. The van der Waals surface area contributed by atoms with Gasteiger partial charge in [0.1, 0.15) is 11.5 Å². The molecule has 0 bridgehead atoms. The molecule has 0 saturated carbocycles. The lowest BCUT2D eigenvalue weighted by Gasteiger charge is -2.34. The first kappa shape index (κ1) is 38.1. The highest BCUT2D eigenvalue weighted by Crippen LogP contribution is 2.66. The maximum atomic E-state index is 6.07. The lowest BCUT2D eigenvalue weighted by Crippen LogP contribution is -2.26. The molecule has 316 valence electrons. The van der Waals surface area contributed by atoms with Crippen LogP contribution in [0.4, 0.5) is 0 Å². The Labute approximate surface area is 374 Å². The molecule has 0 spiro atoms. The summed E-state index contributed by atoms with van der Waals surface area (Å²) in [7, 11) is 0. The van der Waals surface area contributed by atoms with Crippen molar-refractivity contribution < 1.29 is 9.15 Å². The fourth-order valence-electron chi connectivity index (χ4n) is 14.7. The van der Waals surface area contributed by atoms with Gasteiger partial charge in [0.25, 0.3) is 0 Å². The van der Waals surface area contributed by atoms with Crippen LogP contribution in [0.3, 0.4) is 0 Å². The number of benzene rings is 4. The van der Waals surface area contributed by atoms with Crippen molar-refractivity contribution in [3.05, 3.63) is 169 Å². The summed E-state index contributed by atoms with van der Waals surface area (Å²) in [4.78, 5) is 0. The Hall–Kier alpha value is -5.34. The topological polar surface area (TPSA) is 22.4 Å². The molecule has 2 heterocycles. The van der Waals surface area contributed by atoms with Crippen molar-refractivity contribution in [2.24, 2.45) is 11.8 Å². The maximum Gasteiger partial charge on any atom is 0.133 e. The average Bonchev–Trinajstić information content (AvgIpc) is 4.11. The quantitative estimate of drug-likeness (QED) is 0.177. The molecular weight excluding hydrogens is 765 g/mol. The molecule has 2 atom stereocenters. The molecule has 1 aliphatic heterocycles. The van der Waals surface area contributed by atoms with E-state index in [1.54, 1.807) is 23.0 Å². The largest absolute Gasteiger partial charge is 0.493 e. The number of furan rings is 1. The molecule has 2 heteroatoms. The molecule has 2 unspecified atom stereocenters. The van der Waals surface area contributed by atoms with E-state index in [2.05, 4.69) is 156 Å². The molecule has 8 aliphatic rings. The third kappa shape index (κ3) is 4.56. The van der Waals surface area contributed by atoms with Crippen molar-refractivity contribution in [1.82, 2.24) is 0 Å². The number of ether oxygens (including phenoxy) is 1. The monoisotopic (exact) mass is 824 g/mol. The summed E-state index contributed by atoms with van der Waals surface area (Å²) >= 11 is 0. The molecule has 0 saturated heterocycles. The highest BCUT2D eigenvalue weighted by atomic mass is 16.5. The second-order valence-corrected chi connectivity index (χ2v) is 23.3. The Morgan fingerprint density at radius 1 is 0.524 bits per heavy atom. The molecule has 7 aliphatic carbocycles. The minimum atomic E-state index is -0.0986. The number of fused-ring (bicyclic) bond motifs is 13. The first-order valence-corrected chi connectivity index (χ1v) is 23.8. The van der Waals surface area contributed by atoms with Gasteiger partial charge >= 0.3 is 0 Å². The lowest BCUT2D eigenvalue weighted by molar-refractivity contribution is 0.307. The summed E-state index contributed by atoms with van der Waals surface area (Å²) in [6, 6.07) is 24.2. The van der Waals surface area contributed by atoms with Crippen molar-refractivity contribution in [3.63, 3.8) is 0 Å². The normalized spacial score (nSPS) is 24.5. The van der Waals surface area contributed by atoms with E-state index in [4.69, 9.17) is 9.15 Å². The molecule has 63 heavy (non-hydrogen) atoms. The van der Waals surface area contributed by atoms with E-state index in [1.165, 1.54) is 106 Å². The van der Waals surface area contributed by atoms with E-state index in [1.807, 2.05) is 6.07 Å². The molecular formula is C61H60O2. The minimum absolute atomic E-state index is 0.00538. The smallest absolute Gasteiger partial charge is 0.133 e. The van der Waals surface area contributed by atoms with Crippen LogP contribution in [-0.2, 0) is 31.8 Å². The van der Waals surface area contributed by atoms with Crippen LogP contribution in [0.25, 0.3) is 50.5 Å². The Bertz CT molecular complexity index is 3170. The van der Waals surface area contributed by atoms with Crippen molar-refractivity contribution in [1.29, 1.82) is 0 Å². The highest BCUT2D eigenvalue weighted by molar-refractivity contribution is 5.98. The standard InChI is InChI=1S/C61H60O2/c1-31-19-33(53-15-13-17-62-53)21-51-55(31)41-29-47-39(27-49(41)60(51,9)10)37-25-43-35(23-45(37)58(47,5)6)36-24-46-38(26-44(36)57(43,3)4)40-28-50-42(30-48(40)59(46,7)8)56-32(2)20-34(54-16-14-18-63-54)22-52(56)61(50,11)12/h13,15-17,19-23,25-26,28-30,46,49H,14,18,24,27H2,1-12H3. The number of hydrogen-bond donors (Lipinski definition) is 0. The van der Waals surface area contributed by atoms with Crippen LogP contribution in [0, 0.1) is 25.7 Å². The van der Waals surface area contributed by atoms with Crippen molar-refractivity contribution in [3.8, 4) is 22.5 Å². The first-order valence-electron chi connectivity index (χ1n) is 23.8. The van der Waals surface area contributed by atoms with E-state index < -0.39 is 0 Å². The van der Waals surface area contributed by atoms with E-state index >= 15 is 0 Å². The van der Waals surface area contributed by atoms with Crippen LogP contribution in [0.1, 0.15) is 161 Å². The van der Waals surface area contributed by atoms with Crippen molar-refractivity contribution >= 4 is 28.1 Å². The van der Waals surface area contributed by atoms with Crippen molar-refractivity contribution in [2.75, 3.05) is 6.61 Å². The van der Waals surface area contributed by atoms with Crippen LogP contribution in [0.5, 0.6) is 0 Å². The summed E-state index contributed by atoms with van der Waals surface area (Å²) in [6.07, 6.45) is 12.5. The van der Waals surface area contributed by atoms with Gasteiger partial charge in [0.15, 0.2) is 0 Å². The molecule has 0 N–H and O–H groups in total. The second kappa shape index (κ2) is 11.7. The lowest BCUT2D eigenvalue weighted by atomic mass is 9.69. The zero-order chi connectivity index (χ0) is 43.7. The van der Waals surface area contributed by atoms with E-state index in [9.17, 15) is 0 Å². The summed E-state index contributed by atoms with van der Waals surface area (Å²) < 4.78 is 12.0. The van der Waals surface area contributed by atoms with Crippen molar-refractivity contribution in [2.45, 2.75) is 129 Å². The molecule has 5 aromatic rings. The van der Waals surface area contributed by atoms with E-state index in [0.29, 0.717) is 11.8 Å². The van der Waals surface area contributed by atoms with Gasteiger partial charge in [-0.2, -0.15) is 0 Å². The maximum absolute atomic E-state index is 6.07. The van der Waals surface area contributed by atoms with Gasteiger partial charge < -0.3 is 9.15 Å². The highest BCUT2D eigenvalue weighted by Gasteiger charge is 2.53. The van der Waals surface area contributed by atoms with Gasteiger partial charge in [-0.05, 0) is 227 Å². The van der Waals surface area contributed by atoms with E-state index in [-0.39, 0.29) is 27.1 Å². The predicted molar refractivity (Wildman–Crippen MR) is 261 cm³/mol. The Kier molecular flexibility index (Phi) is 7.06. The SMILES string of the molecule is Cc1cc(-c2ccco2)cc2c1C1=CC3=C(CC1C2(C)C)c1cc2c(cc1C3(C)C)C1=C(C=C3c4cc5c(cc4C(C)(C)C3C1)-c1c(C)cc(C3=CCCO3)cc1C5(C)C)C2(C)C. The van der Waals surface area contributed by atoms with Gasteiger partial charge in [-0.15, -0.1) is 0 Å². The Balaban J connectivity index is 0.900. The van der Waals surface area contributed by atoms with Gasteiger partial charge in [-0.3, -0.25) is 0 Å². The molecule has 4 aromatic carbocycles. The first-order chi connectivity index (χ1) is 29.8. The van der Waals surface area contributed by atoms with Crippen LogP contribution >= 0.6 is 0 Å². The Morgan fingerprint density at radius 3 is 1.71 bits per heavy atom. The average molecular weight is 825 g/mol. The fourth-order valence-corrected chi connectivity index (χ4v) is 14.7. The van der Waals surface area contributed by atoms with Gasteiger partial charge in [0.05, 0.1) is 12.9 Å². The molecule has 1 aromatic heterocycles. The predicted octanol–water partition coefficient (Wildman–Crippen LogP) is 15.5. The second-order valence-electron chi connectivity index (χ2n) is 23.3.